The van der Waals surface area contributed by atoms with Crippen molar-refractivity contribution in [3.8, 4) is 0 Å². The lowest BCUT2D eigenvalue weighted by Gasteiger charge is -2.23. The molecule has 0 N–H and O–H groups in total. The van der Waals surface area contributed by atoms with E-state index in [-0.39, 0.29) is 5.82 Å². The highest BCUT2D eigenvalue weighted by molar-refractivity contribution is 9.10. The van der Waals surface area contributed by atoms with Crippen molar-refractivity contribution in [2.45, 2.75) is 25.3 Å². The quantitative estimate of drug-likeness (QED) is 0.770. The zero-order chi connectivity index (χ0) is 14.1. The van der Waals surface area contributed by atoms with Crippen LogP contribution in [0, 0.1) is 11.7 Å². The first-order chi connectivity index (χ1) is 9.69. The lowest BCUT2D eigenvalue weighted by molar-refractivity contribution is 0.0614. The second kappa shape index (κ2) is 6.00. The first-order valence-electron chi connectivity index (χ1n) is 6.67. The van der Waals surface area contributed by atoms with Crippen LogP contribution in [0.1, 0.15) is 18.7 Å². The highest BCUT2D eigenvalue weighted by Gasteiger charge is 2.19. The number of benzene rings is 1. The number of hydrogen-bond acceptors (Lipinski definition) is 2. The fraction of sp³-hybridized carbons (Fsp3) is 0.500. The smallest absolute Gasteiger partial charge is 0.139 e. The van der Waals surface area contributed by atoms with Gasteiger partial charge < -0.3 is 9.30 Å². The Morgan fingerprint density at radius 3 is 2.85 bits per heavy atom. The van der Waals surface area contributed by atoms with Gasteiger partial charge in [0.1, 0.15) is 11.6 Å². The topological polar surface area (TPSA) is 27.1 Å². The maximum Gasteiger partial charge on any atom is 0.139 e. The minimum absolute atomic E-state index is 0.297. The molecule has 1 saturated heterocycles. The number of rotatable bonds is 3. The Hall–Kier alpha value is -0.650. The molecule has 6 heteroatoms. The fourth-order valence-corrected chi connectivity index (χ4v) is 3.20. The van der Waals surface area contributed by atoms with E-state index in [4.69, 9.17) is 16.3 Å². The van der Waals surface area contributed by atoms with E-state index in [0.29, 0.717) is 21.8 Å². The molecule has 0 spiro atoms. The molecule has 2 aromatic rings. The normalized spacial score (nSPS) is 16.9. The Balaban J connectivity index is 2.00. The number of imidazole rings is 1. The average Bonchev–Trinajstić information content (AvgIpc) is 2.78. The minimum Gasteiger partial charge on any atom is -0.381 e. The summed E-state index contributed by atoms with van der Waals surface area (Å²) in [6.07, 6.45) is 2.09. The maximum atomic E-state index is 13.6. The van der Waals surface area contributed by atoms with E-state index in [9.17, 15) is 4.39 Å². The van der Waals surface area contributed by atoms with Gasteiger partial charge in [-0.3, -0.25) is 0 Å². The van der Waals surface area contributed by atoms with Crippen LogP contribution in [0.2, 0.25) is 0 Å². The first-order valence-corrected chi connectivity index (χ1v) is 7.99. The summed E-state index contributed by atoms with van der Waals surface area (Å²) in [5.74, 6) is 1.39. The summed E-state index contributed by atoms with van der Waals surface area (Å²) in [7, 11) is 0. The number of fused-ring (bicyclic) bond motifs is 1. The summed E-state index contributed by atoms with van der Waals surface area (Å²) in [4.78, 5) is 4.44. The number of halogens is 3. The van der Waals surface area contributed by atoms with Gasteiger partial charge in [0.05, 0.1) is 21.4 Å². The summed E-state index contributed by atoms with van der Waals surface area (Å²) in [5.41, 5.74) is 1.59. The van der Waals surface area contributed by atoms with Gasteiger partial charge in [-0.15, -0.1) is 11.6 Å². The molecule has 0 unspecified atom stereocenters. The molecule has 0 atom stereocenters. The zero-order valence-electron chi connectivity index (χ0n) is 10.9. The molecule has 3 rings (SSSR count). The third-order valence-electron chi connectivity index (χ3n) is 3.77. The van der Waals surface area contributed by atoms with Crippen molar-refractivity contribution >= 4 is 38.6 Å². The SMILES string of the molecule is Fc1cc2nc(CCl)n(CC3CCOCC3)c2cc1Br. The van der Waals surface area contributed by atoms with Crippen LogP contribution < -0.4 is 0 Å². The molecule has 1 aromatic carbocycles. The van der Waals surface area contributed by atoms with E-state index >= 15 is 0 Å². The molecule has 0 aliphatic carbocycles. The van der Waals surface area contributed by atoms with Crippen LogP contribution in [0.15, 0.2) is 16.6 Å². The van der Waals surface area contributed by atoms with Gasteiger partial charge in [-0.25, -0.2) is 9.37 Å². The van der Waals surface area contributed by atoms with Gasteiger partial charge in [0, 0.05) is 25.8 Å². The van der Waals surface area contributed by atoms with Crippen molar-refractivity contribution < 1.29 is 9.13 Å². The van der Waals surface area contributed by atoms with Gasteiger partial charge in [0.25, 0.3) is 0 Å². The second-order valence-electron chi connectivity index (χ2n) is 5.08. The van der Waals surface area contributed by atoms with Gasteiger partial charge in [-0.2, -0.15) is 0 Å². The summed E-state index contributed by atoms with van der Waals surface area (Å²) in [5, 5.41) is 0. The molecule has 108 valence electrons. The van der Waals surface area contributed by atoms with Crippen molar-refractivity contribution in [3.05, 3.63) is 28.2 Å². The van der Waals surface area contributed by atoms with Crippen LogP contribution in [0.3, 0.4) is 0 Å². The Bertz CT molecular complexity index is 625. The Morgan fingerprint density at radius 2 is 2.15 bits per heavy atom. The zero-order valence-corrected chi connectivity index (χ0v) is 13.3. The molecule has 3 nitrogen and oxygen atoms in total. The third-order valence-corrected chi connectivity index (χ3v) is 4.62. The monoisotopic (exact) mass is 360 g/mol. The summed E-state index contributed by atoms with van der Waals surface area (Å²) < 4.78 is 21.6. The Kier molecular flexibility index (Phi) is 4.29. The van der Waals surface area contributed by atoms with Gasteiger partial charge in [0.2, 0.25) is 0 Å². The standard InChI is InChI=1S/C14H15BrClFN2O/c15-10-5-13-12(6-11(10)17)18-14(7-16)19(13)8-9-1-3-20-4-2-9/h5-6,9H,1-4,7-8H2. The van der Waals surface area contributed by atoms with Crippen LogP contribution in [0.25, 0.3) is 11.0 Å². The molecular weight excluding hydrogens is 347 g/mol. The van der Waals surface area contributed by atoms with E-state index in [2.05, 4.69) is 25.5 Å². The van der Waals surface area contributed by atoms with E-state index in [1.165, 1.54) is 6.07 Å². The van der Waals surface area contributed by atoms with Crippen molar-refractivity contribution in [1.82, 2.24) is 9.55 Å². The predicted molar refractivity (Wildman–Crippen MR) is 80.5 cm³/mol. The lowest BCUT2D eigenvalue weighted by atomic mass is 10.0. The number of aromatic nitrogens is 2. The third kappa shape index (κ3) is 2.71. The lowest BCUT2D eigenvalue weighted by Crippen LogP contribution is -2.21. The minimum atomic E-state index is -0.297. The molecule has 20 heavy (non-hydrogen) atoms. The van der Waals surface area contributed by atoms with Crippen molar-refractivity contribution in [1.29, 1.82) is 0 Å². The Labute approximate surface area is 130 Å². The molecule has 2 heterocycles. The molecule has 0 radical (unpaired) electrons. The molecule has 0 bridgehead atoms. The Morgan fingerprint density at radius 1 is 1.40 bits per heavy atom. The number of hydrogen-bond donors (Lipinski definition) is 0. The molecule has 1 fully saturated rings. The van der Waals surface area contributed by atoms with E-state index in [0.717, 1.165) is 43.9 Å². The molecular formula is C14H15BrClFN2O. The fourth-order valence-electron chi connectivity index (χ4n) is 2.66. The largest absolute Gasteiger partial charge is 0.381 e. The summed E-state index contributed by atoms with van der Waals surface area (Å²) >= 11 is 9.23. The van der Waals surface area contributed by atoms with Crippen molar-refractivity contribution in [2.24, 2.45) is 5.92 Å². The van der Waals surface area contributed by atoms with E-state index in [1.807, 2.05) is 0 Å². The summed E-state index contributed by atoms with van der Waals surface area (Å²) in [6, 6.07) is 3.24. The van der Waals surface area contributed by atoms with E-state index in [1.54, 1.807) is 6.07 Å². The second-order valence-corrected chi connectivity index (χ2v) is 6.20. The van der Waals surface area contributed by atoms with Crippen molar-refractivity contribution in [3.63, 3.8) is 0 Å². The maximum absolute atomic E-state index is 13.6. The average molecular weight is 362 g/mol. The van der Waals surface area contributed by atoms with Gasteiger partial charge in [0.15, 0.2) is 0 Å². The highest BCUT2D eigenvalue weighted by Crippen LogP contribution is 2.27. The summed E-state index contributed by atoms with van der Waals surface area (Å²) in [6.45, 7) is 2.48. The van der Waals surface area contributed by atoms with Crippen LogP contribution in [0.4, 0.5) is 4.39 Å². The van der Waals surface area contributed by atoms with Gasteiger partial charge >= 0.3 is 0 Å². The number of alkyl halides is 1. The number of nitrogens with zero attached hydrogens (tertiary/aromatic N) is 2. The van der Waals surface area contributed by atoms with Crippen LogP contribution in [-0.4, -0.2) is 22.8 Å². The first kappa shape index (κ1) is 14.3. The number of ether oxygens (including phenoxy) is 1. The van der Waals surface area contributed by atoms with Crippen LogP contribution in [-0.2, 0) is 17.2 Å². The molecule has 1 aliphatic rings. The molecule has 0 saturated carbocycles. The molecule has 1 aliphatic heterocycles. The van der Waals surface area contributed by atoms with E-state index < -0.39 is 0 Å². The molecule has 0 amide bonds. The highest BCUT2D eigenvalue weighted by atomic mass is 79.9. The van der Waals surface area contributed by atoms with Crippen molar-refractivity contribution in [2.75, 3.05) is 13.2 Å². The van der Waals surface area contributed by atoms with Gasteiger partial charge in [-0.1, -0.05) is 0 Å². The van der Waals surface area contributed by atoms with Crippen LogP contribution in [0.5, 0.6) is 0 Å². The van der Waals surface area contributed by atoms with Crippen LogP contribution >= 0.6 is 27.5 Å². The predicted octanol–water partition coefficient (Wildman–Crippen LogP) is 4.10. The van der Waals surface area contributed by atoms with Gasteiger partial charge in [-0.05, 0) is 40.8 Å². The molecule has 1 aromatic heterocycles.